The summed E-state index contributed by atoms with van der Waals surface area (Å²) in [6.07, 6.45) is 8.94. The Balaban J connectivity index is 2.12. The van der Waals surface area contributed by atoms with Crippen molar-refractivity contribution >= 4 is 5.78 Å². The van der Waals surface area contributed by atoms with Crippen LogP contribution in [0.1, 0.15) is 66.2 Å². The second kappa shape index (κ2) is 5.87. The molecule has 112 valence electrons. The molecule has 0 aromatic carbocycles. The SMILES string of the molecule is C=C(C)C1CC=C(C2CCCC(C)(C(C)C)C2)C(=O)C1. The van der Waals surface area contributed by atoms with Crippen LogP contribution in [0.25, 0.3) is 0 Å². The van der Waals surface area contributed by atoms with Crippen LogP contribution in [0.2, 0.25) is 0 Å². The standard InChI is InChI=1S/C19H30O/c1-13(2)15-8-9-17(18(20)11-15)16-7-6-10-19(5,12-16)14(3)4/h9,14-16H,1,6-8,10-12H2,2-5H3. The van der Waals surface area contributed by atoms with Crippen LogP contribution in [-0.4, -0.2) is 5.78 Å². The van der Waals surface area contributed by atoms with E-state index in [1.54, 1.807) is 0 Å². The molecular weight excluding hydrogens is 244 g/mol. The van der Waals surface area contributed by atoms with Gasteiger partial charge < -0.3 is 0 Å². The normalized spacial score (nSPS) is 35.0. The van der Waals surface area contributed by atoms with Gasteiger partial charge in [0.2, 0.25) is 0 Å². The van der Waals surface area contributed by atoms with Gasteiger partial charge in [0, 0.05) is 6.42 Å². The topological polar surface area (TPSA) is 17.1 Å². The van der Waals surface area contributed by atoms with Crippen molar-refractivity contribution in [1.82, 2.24) is 0 Å². The Hall–Kier alpha value is -0.850. The van der Waals surface area contributed by atoms with Gasteiger partial charge in [0.1, 0.15) is 0 Å². The summed E-state index contributed by atoms with van der Waals surface area (Å²) in [4.78, 5) is 12.5. The van der Waals surface area contributed by atoms with Crippen molar-refractivity contribution in [1.29, 1.82) is 0 Å². The molecule has 0 aliphatic heterocycles. The summed E-state index contributed by atoms with van der Waals surface area (Å²) < 4.78 is 0. The Bertz CT molecular complexity index is 429. The molecule has 1 heteroatoms. The smallest absolute Gasteiger partial charge is 0.159 e. The number of carbonyl (C=O) groups is 1. The number of hydrogen-bond acceptors (Lipinski definition) is 1. The summed E-state index contributed by atoms with van der Waals surface area (Å²) in [5.41, 5.74) is 2.72. The molecule has 0 radical (unpaired) electrons. The molecule has 20 heavy (non-hydrogen) atoms. The van der Waals surface area contributed by atoms with E-state index in [1.165, 1.54) is 25.7 Å². The molecule has 0 saturated heterocycles. The van der Waals surface area contributed by atoms with Gasteiger partial charge in [-0.1, -0.05) is 45.4 Å². The third-order valence-corrected chi connectivity index (χ3v) is 5.92. The van der Waals surface area contributed by atoms with Gasteiger partial charge in [-0.05, 0) is 61.3 Å². The summed E-state index contributed by atoms with van der Waals surface area (Å²) in [5.74, 6) is 1.98. The lowest BCUT2D eigenvalue weighted by Gasteiger charge is -2.42. The monoisotopic (exact) mass is 274 g/mol. The van der Waals surface area contributed by atoms with E-state index in [4.69, 9.17) is 0 Å². The minimum Gasteiger partial charge on any atom is -0.295 e. The largest absolute Gasteiger partial charge is 0.295 e. The van der Waals surface area contributed by atoms with Crippen molar-refractivity contribution in [3.05, 3.63) is 23.8 Å². The summed E-state index contributed by atoms with van der Waals surface area (Å²) in [6, 6.07) is 0. The van der Waals surface area contributed by atoms with Crippen LogP contribution in [0.5, 0.6) is 0 Å². The number of ketones is 1. The molecule has 0 aromatic rings. The first-order chi connectivity index (χ1) is 9.33. The number of carbonyl (C=O) groups excluding carboxylic acids is 1. The third-order valence-electron chi connectivity index (χ3n) is 5.92. The van der Waals surface area contributed by atoms with E-state index in [0.717, 1.165) is 17.6 Å². The first kappa shape index (κ1) is 15.5. The summed E-state index contributed by atoms with van der Waals surface area (Å²) in [6.45, 7) is 13.1. The van der Waals surface area contributed by atoms with Crippen LogP contribution < -0.4 is 0 Å². The van der Waals surface area contributed by atoms with Crippen LogP contribution in [0, 0.1) is 23.2 Å². The molecule has 0 spiro atoms. The van der Waals surface area contributed by atoms with Gasteiger partial charge in [-0.15, -0.1) is 0 Å². The van der Waals surface area contributed by atoms with Gasteiger partial charge in [0.15, 0.2) is 5.78 Å². The fraction of sp³-hybridized carbons (Fsp3) is 0.737. The van der Waals surface area contributed by atoms with Crippen LogP contribution in [0.15, 0.2) is 23.8 Å². The fourth-order valence-electron chi connectivity index (χ4n) is 3.89. The van der Waals surface area contributed by atoms with Crippen LogP contribution in [0.3, 0.4) is 0 Å². The number of rotatable bonds is 3. The minimum absolute atomic E-state index is 0.381. The fourth-order valence-corrected chi connectivity index (χ4v) is 3.89. The maximum Gasteiger partial charge on any atom is 0.159 e. The molecule has 1 fully saturated rings. The summed E-state index contributed by atoms with van der Waals surface area (Å²) in [5, 5.41) is 0. The molecule has 1 saturated carbocycles. The molecule has 2 rings (SSSR count). The molecule has 3 atom stereocenters. The van der Waals surface area contributed by atoms with Crippen molar-refractivity contribution in [2.24, 2.45) is 23.2 Å². The van der Waals surface area contributed by atoms with Crippen LogP contribution >= 0.6 is 0 Å². The van der Waals surface area contributed by atoms with Gasteiger partial charge in [-0.25, -0.2) is 0 Å². The van der Waals surface area contributed by atoms with E-state index in [-0.39, 0.29) is 0 Å². The zero-order chi connectivity index (χ0) is 14.9. The lowest BCUT2D eigenvalue weighted by atomic mass is 9.62. The highest BCUT2D eigenvalue weighted by Gasteiger charge is 2.38. The highest BCUT2D eigenvalue weighted by molar-refractivity contribution is 5.97. The highest BCUT2D eigenvalue weighted by atomic mass is 16.1. The van der Waals surface area contributed by atoms with Crippen molar-refractivity contribution in [2.45, 2.75) is 66.2 Å². The maximum absolute atomic E-state index is 12.5. The molecule has 2 aliphatic rings. The average molecular weight is 274 g/mol. The molecule has 3 unspecified atom stereocenters. The molecule has 0 heterocycles. The van der Waals surface area contributed by atoms with Crippen LogP contribution in [0.4, 0.5) is 0 Å². The van der Waals surface area contributed by atoms with Crippen molar-refractivity contribution in [3.8, 4) is 0 Å². The molecule has 0 amide bonds. The number of Topliss-reactive ketones (excluding diaryl/α,β-unsaturated/α-hetero) is 1. The van der Waals surface area contributed by atoms with Crippen molar-refractivity contribution < 1.29 is 4.79 Å². The Morgan fingerprint density at radius 1 is 1.45 bits per heavy atom. The highest BCUT2D eigenvalue weighted by Crippen LogP contribution is 2.47. The molecule has 0 bridgehead atoms. The van der Waals surface area contributed by atoms with Gasteiger partial charge in [0.05, 0.1) is 0 Å². The maximum atomic E-state index is 12.5. The van der Waals surface area contributed by atoms with E-state index in [1.807, 2.05) is 6.92 Å². The summed E-state index contributed by atoms with van der Waals surface area (Å²) >= 11 is 0. The lowest BCUT2D eigenvalue weighted by Crippen LogP contribution is -2.33. The van der Waals surface area contributed by atoms with Crippen molar-refractivity contribution in [2.75, 3.05) is 0 Å². The summed E-state index contributed by atoms with van der Waals surface area (Å²) in [7, 11) is 0. The Kier molecular flexibility index (Phi) is 4.56. The lowest BCUT2D eigenvalue weighted by molar-refractivity contribution is -0.117. The van der Waals surface area contributed by atoms with Gasteiger partial charge in [-0.2, -0.15) is 0 Å². The van der Waals surface area contributed by atoms with Gasteiger partial charge in [0.25, 0.3) is 0 Å². The zero-order valence-corrected chi connectivity index (χ0v) is 13.7. The van der Waals surface area contributed by atoms with Gasteiger partial charge in [-0.3, -0.25) is 4.79 Å². The molecule has 0 N–H and O–H groups in total. The van der Waals surface area contributed by atoms with E-state index in [0.29, 0.717) is 35.4 Å². The second-order valence-corrected chi connectivity index (χ2v) is 7.67. The van der Waals surface area contributed by atoms with E-state index >= 15 is 0 Å². The first-order valence-electron chi connectivity index (χ1n) is 8.22. The predicted molar refractivity (Wildman–Crippen MR) is 85.5 cm³/mol. The molecular formula is C19H30O. The predicted octanol–water partition coefficient (Wildman–Crippen LogP) is 5.32. The molecule has 2 aliphatic carbocycles. The quantitative estimate of drug-likeness (QED) is 0.636. The first-order valence-corrected chi connectivity index (χ1v) is 8.22. The van der Waals surface area contributed by atoms with E-state index < -0.39 is 0 Å². The van der Waals surface area contributed by atoms with Gasteiger partial charge >= 0.3 is 0 Å². The number of allylic oxidation sites excluding steroid dienone is 3. The third kappa shape index (κ3) is 3.07. The second-order valence-electron chi connectivity index (χ2n) is 7.67. The van der Waals surface area contributed by atoms with E-state index in [2.05, 4.69) is 33.4 Å². The van der Waals surface area contributed by atoms with E-state index in [9.17, 15) is 4.79 Å². The minimum atomic E-state index is 0.381. The van der Waals surface area contributed by atoms with Crippen LogP contribution in [-0.2, 0) is 4.79 Å². The van der Waals surface area contributed by atoms with Crippen molar-refractivity contribution in [3.63, 3.8) is 0 Å². The molecule has 1 nitrogen and oxygen atoms in total. The average Bonchev–Trinajstić information content (AvgIpc) is 2.38. The Morgan fingerprint density at radius 3 is 2.70 bits per heavy atom. The Labute approximate surface area is 124 Å². The molecule has 0 aromatic heterocycles. The zero-order valence-electron chi connectivity index (χ0n) is 13.7. The Morgan fingerprint density at radius 2 is 2.15 bits per heavy atom. The number of hydrogen-bond donors (Lipinski definition) is 0.